The number of ether oxygens (including phenoxy) is 6. The van der Waals surface area contributed by atoms with Crippen molar-refractivity contribution < 1.29 is 38.0 Å². The van der Waals surface area contributed by atoms with Crippen LogP contribution in [0.4, 0.5) is 10.5 Å². The van der Waals surface area contributed by atoms with E-state index >= 15 is 0 Å². The molecule has 1 aromatic carbocycles. The van der Waals surface area contributed by atoms with E-state index in [2.05, 4.69) is 5.32 Å². The fourth-order valence-corrected chi connectivity index (χ4v) is 2.45. The number of rotatable bonds is 17. The molecule has 0 unspecified atom stereocenters. The molecular formula is C24H40N2O8. The van der Waals surface area contributed by atoms with Gasteiger partial charge in [0.2, 0.25) is 5.91 Å². The van der Waals surface area contributed by atoms with Crippen molar-refractivity contribution in [3.8, 4) is 5.75 Å². The van der Waals surface area contributed by atoms with E-state index in [1.165, 1.54) is 11.8 Å². The summed E-state index contributed by atoms with van der Waals surface area (Å²) < 4.78 is 32.6. The Balaban J connectivity index is 1.86. The summed E-state index contributed by atoms with van der Waals surface area (Å²) in [6.07, 6.45) is -0.365. The Hall–Kier alpha value is -2.40. The predicted octanol–water partition coefficient (Wildman–Crippen LogP) is 2.96. The van der Waals surface area contributed by atoms with Crippen LogP contribution < -0.4 is 10.1 Å². The van der Waals surface area contributed by atoms with Crippen LogP contribution in [0.3, 0.4) is 0 Å². The van der Waals surface area contributed by atoms with Crippen molar-refractivity contribution in [2.75, 3.05) is 78.4 Å². The molecule has 0 aromatic heterocycles. The summed E-state index contributed by atoms with van der Waals surface area (Å²) >= 11 is 0. The standard InChI is InChI=1S/C24H40N2O8/c1-20(27)25-21-6-8-22(9-7-21)33-19-18-32-17-16-31-15-14-30-13-12-29-11-10-26(5)23(28)34-24(2,3)4/h6-9H,10-19H2,1-5H3,(H,25,27). The van der Waals surface area contributed by atoms with Crippen LogP contribution in [-0.2, 0) is 28.5 Å². The fraction of sp³-hybridized carbons (Fsp3) is 0.667. The number of likely N-dealkylation sites (N-methyl/N-ethyl adjacent to an activating group) is 1. The lowest BCUT2D eigenvalue weighted by molar-refractivity contribution is -0.114. The van der Waals surface area contributed by atoms with Crippen molar-refractivity contribution in [1.29, 1.82) is 0 Å². The van der Waals surface area contributed by atoms with Crippen LogP contribution in [0.1, 0.15) is 27.7 Å². The molecule has 10 nitrogen and oxygen atoms in total. The van der Waals surface area contributed by atoms with Gasteiger partial charge in [0.1, 0.15) is 18.0 Å². The highest BCUT2D eigenvalue weighted by molar-refractivity contribution is 5.88. The topological polar surface area (TPSA) is 105 Å². The molecule has 0 saturated heterocycles. The molecule has 0 atom stereocenters. The number of amides is 2. The van der Waals surface area contributed by atoms with Crippen LogP contribution in [0.2, 0.25) is 0 Å². The van der Waals surface area contributed by atoms with Crippen molar-refractivity contribution in [1.82, 2.24) is 4.90 Å². The Kier molecular flexibility index (Phi) is 14.9. The van der Waals surface area contributed by atoms with Gasteiger partial charge in [-0.25, -0.2) is 4.79 Å². The molecule has 1 N–H and O–H groups in total. The van der Waals surface area contributed by atoms with Crippen molar-refractivity contribution in [2.24, 2.45) is 0 Å². The number of carbonyl (C=O) groups excluding carboxylic acids is 2. The number of nitrogens with zero attached hydrogens (tertiary/aromatic N) is 1. The molecule has 0 spiro atoms. The highest BCUT2D eigenvalue weighted by atomic mass is 16.6. The summed E-state index contributed by atoms with van der Waals surface area (Å²) in [5.74, 6) is 0.604. The van der Waals surface area contributed by atoms with Gasteiger partial charge in [0.05, 0.1) is 52.9 Å². The van der Waals surface area contributed by atoms with Gasteiger partial charge in [0.15, 0.2) is 0 Å². The fourth-order valence-electron chi connectivity index (χ4n) is 2.45. The first-order chi connectivity index (χ1) is 16.2. The van der Waals surface area contributed by atoms with Gasteiger partial charge >= 0.3 is 6.09 Å². The number of hydrogen-bond acceptors (Lipinski definition) is 8. The third-order valence-electron chi connectivity index (χ3n) is 4.06. The smallest absolute Gasteiger partial charge is 0.410 e. The Bertz CT molecular complexity index is 691. The second-order valence-corrected chi connectivity index (χ2v) is 8.41. The third-order valence-corrected chi connectivity index (χ3v) is 4.06. The molecule has 1 rings (SSSR count). The maximum absolute atomic E-state index is 11.8. The zero-order valence-corrected chi connectivity index (χ0v) is 21.1. The molecule has 0 bridgehead atoms. The van der Waals surface area contributed by atoms with E-state index in [-0.39, 0.29) is 12.0 Å². The second-order valence-electron chi connectivity index (χ2n) is 8.41. The zero-order valence-electron chi connectivity index (χ0n) is 21.1. The summed E-state index contributed by atoms with van der Waals surface area (Å²) in [4.78, 5) is 24.3. The van der Waals surface area contributed by atoms with Gasteiger partial charge in [-0.3, -0.25) is 4.79 Å². The van der Waals surface area contributed by atoms with Gasteiger partial charge in [0, 0.05) is 26.2 Å². The first-order valence-electron chi connectivity index (χ1n) is 11.4. The molecule has 0 heterocycles. The van der Waals surface area contributed by atoms with Crippen LogP contribution >= 0.6 is 0 Å². The predicted molar refractivity (Wildman–Crippen MR) is 128 cm³/mol. The van der Waals surface area contributed by atoms with Crippen molar-refractivity contribution >= 4 is 17.7 Å². The Morgan fingerprint density at radius 1 is 0.794 bits per heavy atom. The molecule has 0 radical (unpaired) electrons. The average molecular weight is 485 g/mol. The minimum Gasteiger partial charge on any atom is -0.491 e. The van der Waals surface area contributed by atoms with E-state index in [1.54, 1.807) is 31.3 Å². The van der Waals surface area contributed by atoms with Gasteiger partial charge in [-0.05, 0) is 45.0 Å². The van der Waals surface area contributed by atoms with E-state index in [1.807, 2.05) is 20.8 Å². The number of anilines is 1. The SMILES string of the molecule is CC(=O)Nc1ccc(OCCOCCOCCOCCOCCN(C)C(=O)OC(C)(C)C)cc1. The van der Waals surface area contributed by atoms with Gasteiger partial charge in [-0.15, -0.1) is 0 Å². The van der Waals surface area contributed by atoms with E-state index in [0.717, 1.165) is 5.69 Å². The van der Waals surface area contributed by atoms with Crippen LogP contribution in [0.15, 0.2) is 24.3 Å². The van der Waals surface area contributed by atoms with E-state index < -0.39 is 5.60 Å². The number of carbonyl (C=O) groups is 2. The van der Waals surface area contributed by atoms with E-state index in [4.69, 9.17) is 28.4 Å². The van der Waals surface area contributed by atoms with Gasteiger partial charge in [-0.1, -0.05) is 0 Å². The zero-order chi connectivity index (χ0) is 25.2. The van der Waals surface area contributed by atoms with Crippen molar-refractivity contribution in [3.63, 3.8) is 0 Å². The lowest BCUT2D eigenvalue weighted by Crippen LogP contribution is -2.36. The molecular weight excluding hydrogens is 444 g/mol. The second kappa shape index (κ2) is 17.1. The molecule has 1 aromatic rings. The molecule has 0 aliphatic heterocycles. The van der Waals surface area contributed by atoms with Crippen molar-refractivity contribution in [3.05, 3.63) is 24.3 Å². The van der Waals surface area contributed by atoms with Crippen molar-refractivity contribution in [2.45, 2.75) is 33.3 Å². The Morgan fingerprint density at radius 3 is 1.74 bits per heavy atom. The summed E-state index contributed by atoms with van der Waals surface area (Å²) in [5.41, 5.74) is 0.223. The number of benzene rings is 1. The lowest BCUT2D eigenvalue weighted by Gasteiger charge is -2.24. The lowest BCUT2D eigenvalue weighted by atomic mass is 10.2. The normalized spacial score (nSPS) is 11.2. The Morgan fingerprint density at radius 2 is 1.26 bits per heavy atom. The summed E-state index contributed by atoms with van der Waals surface area (Å²) in [5, 5.41) is 2.70. The van der Waals surface area contributed by atoms with Crippen LogP contribution in [0, 0.1) is 0 Å². The molecule has 0 saturated carbocycles. The minimum atomic E-state index is -0.507. The highest BCUT2D eigenvalue weighted by Gasteiger charge is 2.19. The summed E-state index contributed by atoms with van der Waals surface area (Å²) in [6.45, 7) is 11.5. The maximum Gasteiger partial charge on any atom is 0.410 e. The molecule has 2 amide bonds. The van der Waals surface area contributed by atoms with E-state index in [9.17, 15) is 9.59 Å². The van der Waals surface area contributed by atoms with Crippen LogP contribution in [-0.4, -0.2) is 95.6 Å². The number of hydrogen-bond donors (Lipinski definition) is 1. The molecule has 34 heavy (non-hydrogen) atoms. The minimum absolute atomic E-state index is 0.109. The summed E-state index contributed by atoms with van der Waals surface area (Å²) in [7, 11) is 1.68. The highest BCUT2D eigenvalue weighted by Crippen LogP contribution is 2.15. The quantitative estimate of drug-likeness (QED) is 0.337. The largest absolute Gasteiger partial charge is 0.491 e. The van der Waals surface area contributed by atoms with Gasteiger partial charge in [-0.2, -0.15) is 0 Å². The van der Waals surface area contributed by atoms with Crippen LogP contribution in [0.25, 0.3) is 0 Å². The Labute approximate surface area is 202 Å². The van der Waals surface area contributed by atoms with Gasteiger partial charge < -0.3 is 38.6 Å². The molecule has 10 heteroatoms. The molecule has 0 aliphatic carbocycles. The third kappa shape index (κ3) is 16.2. The summed E-state index contributed by atoms with van der Waals surface area (Å²) in [6, 6.07) is 7.15. The average Bonchev–Trinajstić information content (AvgIpc) is 2.75. The molecule has 194 valence electrons. The van der Waals surface area contributed by atoms with Crippen LogP contribution in [0.5, 0.6) is 5.75 Å². The maximum atomic E-state index is 11.8. The first-order valence-corrected chi connectivity index (χ1v) is 11.4. The number of nitrogens with one attached hydrogen (secondary N) is 1. The monoisotopic (exact) mass is 484 g/mol. The van der Waals surface area contributed by atoms with Gasteiger partial charge in [0.25, 0.3) is 0 Å². The first kappa shape index (κ1) is 29.6. The molecule has 0 fully saturated rings. The molecule has 0 aliphatic rings. The van der Waals surface area contributed by atoms with E-state index in [0.29, 0.717) is 71.8 Å².